The van der Waals surface area contributed by atoms with Gasteiger partial charge in [0.25, 0.3) is 0 Å². The van der Waals surface area contributed by atoms with Crippen molar-refractivity contribution in [1.29, 1.82) is 0 Å². The van der Waals surface area contributed by atoms with Crippen LogP contribution in [-0.4, -0.2) is 12.9 Å². The SMILES string of the molecule is [CH2]=[Ti]([O]c1cc(Cl)cc(C(C)(C)C)c1)[C]1=C([Si](C)(C)C)C=CC1. The Morgan fingerprint density at radius 3 is 2.39 bits per heavy atom. The molecule has 1 aliphatic rings. The van der Waals surface area contributed by atoms with Crippen LogP contribution in [0.1, 0.15) is 32.8 Å². The molecule has 0 saturated heterocycles. The molecule has 0 unspecified atom stereocenters. The maximum absolute atomic E-state index is 6.34. The maximum atomic E-state index is 6.34. The van der Waals surface area contributed by atoms with Gasteiger partial charge in [0.1, 0.15) is 0 Å². The summed E-state index contributed by atoms with van der Waals surface area (Å²) in [6, 6.07) is 6.08. The molecule has 0 N–H and O–H groups in total. The van der Waals surface area contributed by atoms with E-state index in [1.165, 1.54) is 9.44 Å². The molecule has 0 saturated carbocycles. The van der Waals surface area contributed by atoms with Crippen LogP contribution in [-0.2, 0) is 23.2 Å². The van der Waals surface area contributed by atoms with Crippen LogP contribution in [0.15, 0.2) is 39.4 Å². The van der Waals surface area contributed by atoms with Crippen LogP contribution in [0.2, 0.25) is 24.7 Å². The summed E-state index contributed by atoms with van der Waals surface area (Å²) < 4.78 is 7.82. The summed E-state index contributed by atoms with van der Waals surface area (Å²) in [5.41, 5.74) is 1.26. The summed E-state index contributed by atoms with van der Waals surface area (Å²) in [6.45, 7) is 13.7. The van der Waals surface area contributed by atoms with Crippen molar-refractivity contribution in [3.05, 3.63) is 50.0 Å². The Bertz CT molecular complexity index is 690. The van der Waals surface area contributed by atoms with Crippen molar-refractivity contribution >= 4 is 24.5 Å². The fourth-order valence-corrected chi connectivity index (χ4v) is 8.87. The van der Waals surface area contributed by atoms with Gasteiger partial charge in [0.2, 0.25) is 0 Å². The Labute approximate surface area is 153 Å². The second-order valence-electron chi connectivity index (χ2n) is 8.20. The zero-order valence-corrected chi connectivity index (χ0v) is 18.4. The van der Waals surface area contributed by atoms with Gasteiger partial charge in [-0.2, -0.15) is 0 Å². The Morgan fingerprint density at radius 2 is 1.83 bits per heavy atom. The van der Waals surface area contributed by atoms with Gasteiger partial charge in [0.05, 0.1) is 0 Å². The predicted octanol–water partition coefficient (Wildman–Crippen LogP) is 6.07. The molecule has 0 spiro atoms. The standard InChI is InChI=1S/C10H13ClO.C8H13Si.CH2.Ti/c1-10(2,3)7-4-8(11)6-9(12)5-7;1-9(2,3)8-6-4-5-7-8;;/h4-6,12H,1-3H3;4,6H,5H2,1-3H3;1H2;/q;;;+1/p-1. The molecule has 0 aromatic heterocycles. The van der Waals surface area contributed by atoms with Crippen LogP contribution in [0.4, 0.5) is 0 Å². The molecule has 0 atom stereocenters. The topological polar surface area (TPSA) is 9.23 Å². The molecule has 4 heteroatoms. The molecule has 0 heterocycles. The zero-order chi connectivity index (χ0) is 17.4. The first-order valence-electron chi connectivity index (χ1n) is 8.07. The quantitative estimate of drug-likeness (QED) is 0.574. The summed E-state index contributed by atoms with van der Waals surface area (Å²) in [5.74, 6) is 0.877. The second kappa shape index (κ2) is 6.84. The van der Waals surface area contributed by atoms with Crippen molar-refractivity contribution in [2.24, 2.45) is 0 Å². The van der Waals surface area contributed by atoms with E-state index in [1.54, 1.807) is 5.20 Å². The molecule has 1 nitrogen and oxygen atoms in total. The summed E-state index contributed by atoms with van der Waals surface area (Å²) in [5, 5.41) is 2.28. The van der Waals surface area contributed by atoms with Crippen LogP contribution in [0.25, 0.3) is 0 Å². The molecule has 0 bridgehead atoms. The van der Waals surface area contributed by atoms with Crippen molar-refractivity contribution in [3.63, 3.8) is 0 Å². The molecule has 1 aromatic rings. The number of rotatable bonds is 4. The first-order valence-corrected chi connectivity index (χ1v) is 14.5. The Kier molecular flexibility index (Phi) is 5.63. The van der Waals surface area contributed by atoms with Crippen molar-refractivity contribution in [2.75, 3.05) is 0 Å². The van der Waals surface area contributed by atoms with Gasteiger partial charge in [-0.05, 0) is 0 Å². The molecule has 2 rings (SSSR count). The Morgan fingerprint density at radius 1 is 1.17 bits per heavy atom. The van der Waals surface area contributed by atoms with Gasteiger partial charge in [-0.3, -0.25) is 0 Å². The van der Waals surface area contributed by atoms with Gasteiger partial charge in [0, 0.05) is 0 Å². The molecule has 0 fully saturated rings. The number of benzene rings is 1. The van der Waals surface area contributed by atoms with E-state index < -0.39 is 25.9 Å². The molecule has 0 aliphatic heterocycles. The summed E-state index contributed by atoms with van der Waals surface area (Å²) in [6.07, 6.45) is 5.59. The molecule has 0 amide bonds. The minimum atomic E-state index is -2.00. The summed E-state index contributed by atoms with van der Waals surface area (Å²) in [4.78, 5) is 4.43. The Balaban J connectivity index is 2.30. The molecule has 124 valence electrons. The summed E-state index contributed by atoms with van der Waals surface area (Å²) in [7, 11) is -1.33. The van der Waals surface area contributed by atoms with E-state index in [-0.39, 0.29) is 5.41 Å². The number of hydrogen-bond donors (Lipinski definition) is 0. The van der Waals surface area contributed by atoms with Crippen LogP contribution in [0, 0.1) is 0 Å². The van der Waals surface area contributed by atoms with E-state index in [4.69, 9.17) is 14.9 Å². The molecule has 0 radical (unpaired) electrons. The van der Waals surface area contributed by atoms with Crippen LogP contribution < -0.4 is 3.32 Å². The van der Waals surface area contributed by atoms with Gasteiger partial charge in [-0.15, -0.1) is 0 Å². The van der Waals surface area contributed by atoms with Crippen LogP contribution >= 0.6 is 11.6 Å². The van der Waals surface area contributed by atoms with E-state index in [1.807, 2.05) is 12.1 Å². The third kappa shape index (κ3) is 4.79. The molecule has 1 aliphatic carbocycles. The third-order valence-electron chi connectivity index (χ3n) is 4.05. The fraction of sp³-hybridized carbons (Fsp3) is 0.421. The first-order chi connectivity index (χ1) is 10.5. The van der Waals surface area contributed by atoms with E-state index in [0.29, 0.717) is 0 Å². The van der Waals surface area contributed by atoms with Crippen molar-refractivity contribution in [1.82, 2.24) is 0 Å². The van der Waals surface area contributed by atoms with E-state index in [2.05, 4.69) is 63.4 Å². The van der Waals surface area contributed by atoms with Crippen LogP contribution in [0.3, 0.4) is 0 Å². The van der Waals surface area contributed by atoms with Crippen LogP contribution in [0.5, 0.6) is 5.75 Å². The molecule has 23 heavy (non-hydrogen) atoms. The monoisotopic (exact) mass is 382 g/mol. The predicted molar refractivity (Wildman–Crippen MR) is 102 cm³/mol. The van der Waals surface area contributed by atoms with Crippen molar-refractivity contribution < 1.29 is 21.1 Å². The van der Waals surface area contributed by atoms with Gasteiger partial charge in [-0.25, -0.2) is 0 Å². The number of hydrogen-bond acceptors (Lipinski definition) is 1. The molecular formula is C19H27ClOSiTi. The van der Waals surface area contributed by atoms with Gasteiger partial charge in [0.15, 0.2) is 0 Å². The van der Waals surface area contributed by atoms with E-state index in [9.17, 15) is 0 Å². The summed E-state index contributed by atoms with van der Waals surface area (Å²) >= 11 is 4.31. The average molecular weight is 383 g/mol. The molecule has 1 aromatic carbocycles. The Hall–Kier alpha value is -0.409. The second-order valence-corrected chi connectivity index (χ2v) is 16.3. The van der Waals surface area contributed by atoms with Crippen molar-refractivity contribution in [3.8, 4) is 5.75 Å². The van der Waals surface area contributed by atoms with Crippen molar-refractivity contribution in [2.45, 2.75) is 52.2 Å². The number of allylic oxidation sites excluding steroid dienone is 4. The normalized spacial score (nSPS) is 15.3. The fourth-order valence-electron chi connectivity index (χ4n) is 2.73. The molecular weight excluding hydrogens is 356 g/mol. The minimum absolute atomic E-state index is 0.0575. The van der Waals surface area contributed by atoms with Gasteiger partial charge in [-0.1, -0.05) is 0 Å². The zero-order valence-electron chi connectivity index (χ0n) is 15.1. The third-order valence-corrected chi connectivity index (χ3v) is 9.29. The van der Waals surface area contributed by atoms with Gasteiger partial charge < -0.3 is 0 Å². The van der Waals surface area contributed by atoms with E-state index in [0.717, 1.165) is 17.2 Å². The number of halogens is 1. The van der Waals surface area contributed by atoms with Gasteiger partial charge >= 0.3 is 154 Å². The average Bonchev–Trinajstić information content (AvgIpc) is 2.85. The first kappa shape index (κ1) is 18.9. The van der Waals surface area contributed by atoms with E-state index >= 15 is 0 Å².